The minimum Gasteiger partial charge on any atom is -0.489 e. The summed E-state index contributed by atoms with van der Waals surface area (Å²) in [4.78, 5) is 0. The van der Waals surface area contributed by atoms with Crippen LogP contribution in [0.5, 0.6) is 5.75 Å². The van der Waals surface area contributed by atoms with Gasteiger partial charge < -0.3 is 10.1 Å². The number of benzene rings is 2. The number of halogens is 1. The number of rotatable bonds is 7. The summed E-state index contributed by atoms with van der Waals surface area (Å²) in [5.41, 5.74) is 2.61. The minimum absolute atomic E-state index is 0.626. The first kappa shape index (κ1) is 14.9. The first-order valence-corrected chi connectivity index (χ1v) is 8.57. The van der Waals surface area contributed by atoms with Crippen LogP contribution in [0.25, 0.3) is 0 Å². The van der Waals surface area contributed by atoms with Gasteiger partial charge in [0.05, 0.1) is 0 Å². The van der Waals surface area contributed by atoms with Gasteiger partial charge in [-0.2, -0.15) is 0 Å². The summed E-state index contributed by atoms with van der Waals surface area (Å²) in [6, 6.07) is 17.7. The molecule has 0 spiro atoms. The molecule has 21 heavy (non-hydrogen) atoms. The van der Waals surface area contributed by atoms with E-state index in [0.717, 1.165) is 24.8 Å². The van der Waals surface area contributed by atoms with Crippen molar-refractivity contribution in [3.05, 3.63) is 63.2 Å². The van der Waals surface area contributed by atoms with Crippen molar-refractivity contribution in [2.24, 2.45) is 0 Å². The third-order valence-electron chi connectivity index (χ3n) is 3.65. The van der Waals surface area contributed by atoms with Crippen LogP contribution >= 0.6 is 22.6 Å². The fourth-order valence-electron chi connectivity index (χ4n) is 2.23. The normalized spacial score (nSPS) is 14.1. The maximum atomic E-state index is 5.82. The Morgan fingerprint density at radius 2 is 1.81 bits per heavy atom. The molecule has 1 aliphatic rings. The van der Waals surface area contributed by atoms with E-state index in [1.165, 1.54) is 27.5 Å². The molecule has 3 heteroatoms. The summed E-state index contributed by atoms with van der Waals surface area (Å²) in [6.45, 7) is 1.71. The van der Waals surface area contributed by atoms with E-state index >= 15 is 0 Å². The zero-order valence-corrected chi connectivity index (χ0v) is 14.2. The zero-order valence-electron chi connectivity index (χ0n) is 12.0. The van der Waals surface area contributed by atoms with E-state index in [2.05, 4.69) is 64.3 Å². The SMILES string of the molecule is Ic1cccc(OCc2ccc(CCNC3CC3)cc2)c1. The van der Waals surface area contributed by atoms with Gasteiger partial charge in [0, 0.05) is 9.61 Å². The first-order chi connectivity index (χ1) is 10.3. The molecule has 0 radical (unpaired) electrons. The Balaban J connectivity index is 1.47. The molecule has 0 heterocycles. The molecule has 1 fully saturated rings. The molecule has 0 unspecified atom stereocenters. The summed E-state index contributed by atoms with van der Waals surface area (Å²) >= 11 is 2.30. The maximum Gasteiger partial charge on any atom is 0.120 e. The molecular weight excluding hydrogens is 373 g/mol. The fourth-order valence-corrected chi connectivity index (χ4v) is 2.75. The molecule has 0 amide bonds. The van der Waals surface area contributed by atoms with Crippen LogP contribution in [0.2, 0.25) is 0 Å². The Labute approximate surface area is 140 Å². The van der Waals surface area contributed by atoms with Crippen molar-refractivity contribution in [3.63, 3.8) is 0 Å². The van der Waals surface area contributed by atoms with Gasteiger partial charge in [-0.25, -0.2) is 0 Å². The van der Waals surface area contributed by atoms with Crippen LogP contribution in [-0.4, -0.2) is 12.6 Å². The third-order valence-corrected chi connectivity index (χ3v) is 4.32. The lowest BCUT2D eigenvalue weighted by Crippen LogP contribution is -2.19. The number of hydrogen-bond acceptors (Lipinski definition) is 2. The lowest BCUT2D eigenvalue weighted by molar-refractivity contribution is 0.306. The van der Waals surface area contributed by atoms with E-state index in [1.54, 1.807) is 0 Å². The van der Waals surface area contributed by atoms with Crippen LogP contribution in [0.3, 0.4) is 0 Å². The molecule has 2 nitrogen and oxygen atoms in total. The van der Waals surface area contributed by atoms with E-state index in [4.69, 9.17) is 4.74 Å². The van der Waals surface area contributed by atoms with Crippen LogP contribution in [0, 0.1) is 3.57 Å². The lowest BCUT2D eigenvalue weighted by Gasteiger charge is -2.08. The van der Waals surface area contributed by atoms with Gasteiger partial charge >= 0.3 is 0 Å². The van der Waals surface area contributed by atoms with E-state index in [-0.39, 0.29) is 0 Å². The second kappa shape index (κ2) is 7.27. The number of nitrogens with one attached hydrogen (secondary N) is 1. The van der Waals surface area contributed by atoms with Crippen molar-refractivity contribution < 1.29 is 4.74 Å². The van der Waals surface area contributed by atoms with Gasteiger partial charge in [0.15, 0.2) is 0 Å². The summed E-state index contributed by atoms with van der Waals surface area (Å²) < 4.78 is 7.01. The second-order valence-electron chi connectivity index (χ2n) is 5.54. The smallest absolute Gasteiger partial charge is 0.120 e. The molecular formula is C18H20INO. The van der Waals surface area contributed by atoms with Gasteiger partial charge in [0.1, 0.15) is 12.4 Å². The summed E-state index contributed by atoms with van der Waals surface area (Å²) in [7, 11) is 0. The van der Waals surface area contributed by atoms with Crippen LogP contribution < -0.4 is 10.1 Å². The Morgan fingerprint density at radius 1 is 1.05 bits per heavy atom. The van der Waals surface area contributed by atoms with Crippen molar-refractivity contribution in [2.75, 3.05) is 6.54 Å². The van der Waals surface area contributed by atoms with Gasteiger partial charge in [-0.05, 0) is 77.7 Å². The summed E-state index contributed by atoms with van der Waals surface area (Å²) in [5, 5.41) is 3.55. The van der Waals surface area contributed by atoms with Crippen molar-refractivity contribution in [1.82, 2.24) is 5.32 Å². The lowest BCUT2D eigenvalue weighted by atomic mass is 10.1. The molecule has 0 bridgehead atoms. The molecule has 2 aromatic rings. The second-order valence-corrected chi connectivity index (χ2v) is 6.79. The van der Waals surface area contributed by atoms with E-state index < -0.39 is 0 Å². The Bertz CT molecular complexity index is 578. The molecule has 0 aromatic heterocycles. The maximum absolute atomic E-state index is 5.82. The predicted octanol–water partition coefficient (Wildman–Crippen LogP) is 4.16. The van der Waals surface area contributed by atoms with Crippen LogP contribution in [0.1, 0.15) is 24.0 Å². The average molecular weight is 393 g/mol. The molecule has 0 aliphatic heterocycles. The molecule has 3 rings (SSSR count). The van der Waals surface area contributed by atoms with Gasteiger partial charge in [0.2, 0.25) is 0 Å². The molecule has 1 aliphatic carbocycles. The van der Waals surface area contributed by atoms with Crippen molar-refractivity contribution in [1.29, 1.82) is 0 Å². The van der Waals surface area contributed by atoms with Gasteiger partial charge in [-0.3, -0.25) is 0 Å². The largest absolute Gasteiger partial charge is 0.489 e. The molecule has 110 valence electrons. The molecule has 2 aromatic carbocycles. The number of ether oxygens (including phenoxy) is 1. The van der Waals surface area contributed by atoms with E-state index in [9.17, 15) is 0 Å². The Morgan fingerprint density at radius 3 is 2.52 bits per heavy atom. The standard InChI is InChI=1S/C18H20INO/c19-16-2-1-3-18(12-16)21-13-15-6-4-14(5-7-15)10-11-20-17-8-9-17/h1-7,12,17,20H,8-11,13H2. The highest BCUT2D eigenvalue weighted by atomic mass is 127. The monoisotopic (exact) mass is 393 g/mol. The van der Waals surface area contributed by atoms with Gasteiger partial charge in [0.25, 0.3) is 0 Å². The Kier molecular flexibility index (Phi) is 5.14. The van der Waals surface area contributed by atoms with Crippen molar-refractivity contribution >= 4 is 22.6 Å². The van der Waals surface area contributed by atoms with Crippen molar-refractivity contribution in [3.8, 4) is 5.75 Å². The van der Waals surface area contributed by atoms with Crippen LogP contribution in [0.15, 0.2) is 48.5 Å². The zero-order chi connectivity index (χ0) is 14.5. The van der Waals surface area contributed by atoms with Crippen LogP contribution in [0.4, 0.5) is 0 Å². The molecule has 1 N–H and O–H groups in total. The highest BCUT2D eigenvalue weighted by Gasteiger charge is 2.19. The molecule has 1 saturated carbocycles. The minimum atomic E-state index is 0.626. The third kappa shape index (κ3) is 5.00. The fraction of sp³-hybridized carbons (Fsp3) is 0.333. The predicted molar refractivity (Wildman–Crippen MR) is 94.7 cm³/mol. The first-order valence-electron chi connectivity index (χ1n) is 7.49. The van der Waals surface area contributed by atoms with Crippen LogP contribution in [-0.2, 0) is 13.0 Å². The van der Waals surface area contributed by atoms with E-state index in [1.807, 2.05) is 12.1 Å². The quantitative estimate of drug-likeness (QED) is 0.714. The summed E-state index contributed by atoms with van der Waals surface area (Å²) in [6.07, 6.45) is 3.82. The summed E-state index contributed by atoms with van der Waals surface area (Å²) in [5.74, 6) is 0.930. The highest BCUT2D eigenvalue weighted by Crippen LogP contribution is 2.19. The Hall–Kier alpha value is -1.07. The topological polar surface area (TPSA) is 21.3 Å². The highest BCUT2D eigenvalue weighted by molar-refractivity contribution is 14.1. The van der Waals surface area contributed by atoms with E-state index in [0.29, 0.717) is 6.61 Å². The molecule has 0 saturated heterocycles. The molecule has 0 atom stereocenters. The van der Waals surface area contributed by atoms with Gasteiger partial charge in [-0.1, -0.05) is 30.3 Å². The number of hydrogen-bond donors (Lipinski definition) is 1. The average Bonchev–Trinajstić information content (AvgIpc) is 3.31. The van der Waals surface area contributed by atoms with Gasteiger partial charge in [-0.15, -0.1) is 0 Å². The van der Waals surface area contributed by atoms with Crippen molar-refractivity contribution in [2.45, 2.75) is 31.9 Å².